The van der Waals surface area contributed by atoms with Crippen LogP contribution in [0.25, 0.3) is 5.70 Å². The van der Waals surface area contributed by atoms with Crippen LogP contribution in [0.2, 0.25) is 0 Å². The Morgan fingerprint density at radius 2 is 2.11 bits per heavy atom. The third-order valence-corrected chi connectivity index (χ3v) is 5.16. The summed E-state index contributed by atoms with van der Waals surface area (Å²) in [5, 5.41) is 3.37. The number of nitrogens with two attached hydrogens (primary N) is 1. The number of carbonyl (C=O) groups is 1. The highest BCUT2D eigenvalue weighted by atomic mass is 19.4. The number of hydrogen-bond acceptors (Lipinski definition) is 5. The van der Waals surface area contributed by atoms with Gasteiger partial charge < -0.3 is 10.3 Å². The lowest BCUT2D eigenvalue weighted by Crippen LogP contribution is -2.35. The highest BCUT2D eigenvalue weighted by Gasteiger charge is 2.31. The van der Waals surface area contributed by atoms with Gasteiger partial charge in [-0.3, -0.25) is 14.8 Å². The number of hydrazine groups is 1. The summed E-state index contributed by atoms with van der Waals surface area (Å²) in [6.07, 6.45) is 1.99. The van der Waals surface area contributed by atoms with Crippen LogP contribution in [-0.2, 0) is 4.79 Å². The maximum absolute atomic E-state index is 12.2. The van der Waals surface area contributed by atoms with Crippen LogP contribution in [0, 0.1) is 11.8 Å². The Morgan fingerprint density at radius 1 is 1.39 bits per heavy atom. The van der Waals surface area contributed by atoms with E-state index >= 15 is 0 Å². The van der Waals surface area contributed by atoms with E-state index in [0.717, 1.165) is 42.6 Å². The smallest absolute Gasteiger partial charge is 0.347 e. The Morgan fingerprint density at radius 3 is 2.75 bits per heavy atom. The van der Waals surface area contributed by atoms with Gasteiger partial charge in [0.2, 0.25) is 5.91 Å². The van der Waals surface area contributed by atoms with Crippen LogP contribution in [0.5, 0.6) is 0 Å². The first-order valence-corrected chi connectivity index (χ1v) is 9.08. The molecule has 1 aromatic rings. The molecule has 28 heavy (non-hydrogen) atoms. The molecule has 0 radical (unpaired) electrons. The van der Waals surface area contributed by atoms with E-state index in [1.165, 1.54) is 11.3 Å². The summed E-state index contributed by atoms with van der Waals surface area (Å²) in [7, 11) is 0. The lowest BCUT2D eigenvalue weighted by Gasteiger charge is -2.31. The summed E-state index contributed by atoms with van der Waals surface area (Å²) in [5.74, 6) is 6.39. The predicted octanol–water partition coefficient (Wildman–Crippen LogP) is 3.11. The van der Waals surface area contributed by atoms with E-state index in [4.69, 9.17) is 5.84 Å². The Hall–Kier alpha value is -2.62. The highest BCUT2D eigenvalue weighted by molar-refractivity contribution is 5.87. The second-order valence-corrected chi connectivity index (χ2v) is 7.10. The number of amides is 1. The van der Waals surface area contributed by atoms with Crippen molar-refractivity contribution in [3.63, 3.8) is 0 Å². The van der Waals surface area contributed by atoms with Crippen molar-refractivity contribution in [2.24, 2.45) is 27.7 Å². The van der Waals surface area contributed by atoms with Crippen LogP contribution in [0.3, 0.4) is 0 Å². The number of H-pyrrole nitrogens is 1. The third-order valence-electron chi connectivity index (χ3n) is 5.16. The first-order chi connectivity index (χ1) is 13.3. The van der Waals surface area contributed by atoms with Crippen LogP contribution >= 0.6 is 0 Å². The Bertz CT molecular complexity index is 789. The molecule has 1 amide bonds. The minimum Gasteiger partial charge on any atom is -0.347 e. The topological polar surface area (TPSA) is 98.9 Å². The van der Waals surface area contributed by atoms with Crippen molar-refractivity contribution in [3.05, 3.63) is 23.5 Å². The van der Waals surface area contributed by atoms with Gasteiger partial charge in [0.15, 0.2) is 0 Å². The van der Waals surface area contributed by atoms with Crippen molar-refractivity contribution < 1.29 is 18.0 Å². The SMILES string of the molecule is C=N/C(=C1/c2cc[nH]c2N=CN1N)C1CCC(CC(=O)NCC(F)(F)F)CC1. The van der Waals surface area contributed by atoms with Gasteiger partial charge >= 0.3 is 6.18 Å². The lowest BCUT2D eigenvalue weighted by atomic mass is 9.78. The van der Waals surface area contributed by atoms with Crippen LogP contribution in [0.1, 0.15) is 37.7 Å². The summed E-state index contributed by atoms with van der Waals surface area (Å²) in [4.78, 5) is 23.2. The van der Waals surface area contributed by atoms with E-state index in [-0.39, 0.29) is 18.3 Å². The summed E-state index contributed by atoms with van der Waals surface area (Å²) in [6.45, 7) is 2.42. The summed E-state index contributed by atoms with van der Waals surface area (Å²) < 4.78 is 36.6. The van der Waals surface area contributed by atoms with Gasteiger partial charge in [0, 0.05) is 24.1 Å². The van der Waals surface area contributed by atoms with E-state index in [9.17, 15) is 18.0 Å². The van der Waals surface area contributed by atoms with Gasteiger partial charge in [-0.05, 0) is 44.4 Å². The van der Waals surface area contributed by atoms with Gasteiger partial charge in [0.25, 0.3) is 0 Å². The minimum absolute atomic E-state index is 0.0604. The third kappa shape index (κ3) is 4.61. The van der Waals surface area contributed by atoms with E-state index in [0.29, 0.717) is 5.82 Å². The molecule has 10 heteroatoms. The van der Waals surface area contributed by atoms with Crippen LogP contribution < -0.4 is 11.2 Å². The number of aromatic amines is 1. The maximum atomic E-state index is 12.2. The molecule has 0 spiro atoms. The number of hydrogen-bond donors (Lipinski definition) is 3. The first-order valence-electron chi connectivity index (χ1n) is 9.08. The average molecular weight is 396 g/mol. The van der Waals surface area contributed by atoms with Gasteiger partial charge in [0.1, 0.15) is 18.7 Å². The van der Waals surface area contributed by atoms with Crippen LogP contribution in [0.4, 0.5) is 19.0 Å². The Labute approximate surface area is 160 Å². The van der Waals surface area contributed by atoms with E-state index in [2.05, 4.69) is 21.7 Å². The number of aromatic nitrogens is 1. The molecular formula is C18H23F3N6O. The second kappa shape index (κ2) is 8.17. The van der Waals surface area contributed by atoms with Gasteiger partial charge in [-0.15, -0.1) is 0 Å². The predicted molar refractivity (Wildman–Crippen MR) is 101 cm³/mol. The largest absolute Gasteiger partial charge is 0.405 e. The van der Waals surface area contributed by atoms with Crippen molar-refractivity contribution in [2.75, 3.05) is 6.54 Å². The van der Waals surface area contributed by atoms with Gasteiger partial charge in [-0.2, -0.15) is 13.2 Å². The molecule has 0 saturated heterocycles. The van der Waals surface area contributed by atoms with E-state index in [1.807, 2.05) is 11.4 Å². The normalized spacial score (nSPS) is 23.9. The van der Waals surface area contributed by atoms with Crippen molar-refractivity contribution >= 4 is 30.5 Å². The van der Waals surface area contributed by atoms with Crippen molar-refractivity contribution in [1.82, 2.24) is 15.3 Å². The second-order valence-electron chi connectivity index (χ2n) is 7.10. The summed E-state index contributed by atoms with van der Waals surface area (Å²) in [5.41, 5.74) is 2.36. The number of halogens is 3. The van der Waals surface area contributed by atoms with Crippen LogP contribution in [-0.4, -0.2) is 41.7 Å². The lowest BCUT2D eigenvalue weighted by molar-refractivity contribution is -0.139. The Balaban J connectivity index is 1.63. The van der Waals surface area contributed by atoms with E-state index in [1.54, 1.807) is 6.20 Å². The molecule has 1 saturated carbocycles. The molecule has 1 aromatic heterocycles. The molecule has 7 nitrogen and oxygen atoms in total. The van der Waals surface area contributed by atoms with Crippen molar-refractivity contribution in [2.45, 2.75) is 38.3 Å². The summed E-state index contributed by atoms with van der Waals surface area (Å²) >= 11 is 0. The fraction of sp³-hybridized carbons (Fsp3) is 0.500. The van der Waals surface area contributed by atoms with Gasteiger partial charge in [0.05, 0.1) is 11.4 Å². The monoisotopic (exact) mass is 396 g/mol. The molecule has 2 heterocycles. The summed E-state index contributed by atoms with van der Waals surface area (Å²) in [6, 6.07) is 1.88. The number of fused-ring (bicyclic) bond motifs is 1. The molecule has 1 fully saturated rings. The molecular weight excluding hydrogens is 373 g/mol. The zero-order valence-corrected chi connectivity index (χ0v) is 15.3. The number of alkyl halides is 3. The number of allylic oxidation sites excluding steroid dienone is 1. The molecule has 0 bridgehead atoms. The van der Waals surface area contributed by atoms with E-state index < -0.39 is 18.6 Å². The van der Waals surface area contributed by atoms with Crippen molar-refractivity contribution in [3.8, 4) is 0 Å². The van der Waals surface area contributed by atoms with Gasteiger partial charge in [-0.1, -0.05) is 0 Å². The highest BCUT2D eigenvalue weighted by Crippen LogP contribution is 2.40. The number of carbonyl (C=O) groups excluding carboxylic acids is 1. The standard InChI is InChI=1S/C18H23F3N6O/c1-23-15(16-13-6-7-24-17(13)26-10-27(16)22)12-4-2-11(3-5-12)8-14(28)25-9-18(19,20)21/h6-7,10-12,24H,1-5,8-9,22H2,(H,25,28)/b16-15-. The average Bonchev–Trinajstić information content (AvgIpc) is 3.12. The zero-order valence-electron chi connectivity index (χ0n) is 15.3. The Kier molecular flexibility index (Phi) is 5.87. The molecule has 1 aliphatic heterocycles. The zero-order chi connectivity index (χ0) is 20.3. The fourth-order valence-electron chi connectivity index (χ4n) is 3.82. The maximum Gasteiger partial charge on any atom is 0.405 e. The molecule has 1 aliphatic carbocycles. The molecule has 4 N–H and O–H groups in total. The molecule has 0 unspecified atom stereocenters. The molecule has 2 aliphatic rings. The number of rotatable bonds is 5. The molecule has 152 valence electrons. The number of aliphatic imine (C=N–C) groups is 2. The number of nitrogens with zero attached hydrogens (tertiary/aromatic N) is 3. The molecule has 3 rings (SSSR count). The quantitative estimate of drug-likeness (QED) is 0.527. The number of nitrogens with one attached hydrogen (secondary N) is 2. The molecule has 0 aromatic carbocycles. The molecule has 0 atom stereocenters. The van der Waals surface area contributed by atoms with Crippen molar-refractivity contribution in [1.29, 1.82) is 0 Å². The van der Waals surface area contributed by atoms with Gasteiger partial charge in [-0.25, -0.2) is 10.8 Å². The fourth-order valence-corrected chi connectivity index (χ4v) is 3.82. The van der Waals surface area contributed by atoms with Crippen LogP contribution in [0.15, 0.2) is 27.9 Å². The minimum atomic E-state index is -4.39. The first kappa shape index (κ1) is 20.1.